The monoisotopic (exact) mass is 602 g/mol. The minimum Gasteiger partial charge on any atom is -0.394 e. The molecule has 0 saturated carbocycles. The second-order valence-electron chi connectivity index (χ2n) is 11.6. The largest absolute Gasteiger partial charge is 0.474 e. The predicted molar refractivity (Wildman–Crippen MR) is 162 cm³/mol. The summed E-state index contributed by atoms with van der Waals surface area (Å²) < 4.78 is 27.3. The summed E-state index contributed by atoms with van der Waals surface area (Å²) >= 11 is 0. The molecular formula is C31H55O9P. The molecule has 1 aliphatic heterocycles. The van der Waals surface area contributed by atoms with Crippen molar-refractivity contribution in [2.24, 2.45) is 5.92 Å². The average molecular weight is 603 g/mol. The minimum absolute atomic E-state index is 0.0384. The van der Waals surface area contributed by atoms with Gasteiger partial charge < -0.3 is 30.1 Å². The number of hydrogen-bond acceptors (Lipinski definition) is 8. The van der Waals surface area contributed by atoms with Crippen LogP contribution in [0.1, 0.15) is 99.3 Å². The molecule has 0 aromatic heterocycles. The molecule has 1 saturated heterocycles. The number of allylic oxidation sites excluding steroid dienone is 8. The van der Waals surface area contributed by atoms with Crippen molar-refractivity contribution in [3.05, 3.63) is 46.6 Å². The number of ether oxygens (including phenoxy) is 1. The summed E-state index contributed by atoms with van der Waals surface area (Å²) in [6.07, 6.45) is 10.0. The van der Waals surface area contributed by atoms with E-state index in [9.17, 15) is 29.9 Å². The third-order valence-electron chi connectivity index (χ3n) is 7.26. The van der Waals surface area contributed by atoms with Gasteiger partial charge in [0.2, 0.25) is 0 Å². The quantitative estimate of drug-likeness (QED) is 0.0905. The molecule has 7 atom stereocenters. The fourth-order valence-corrected chi connectivity index (χ4v) is 5.27. The molecule has 1 fully saturated rings. The van der Waals surface area contributed by atoms with E-state index in [1.54, 1.807) is 0 Å². The van der Waals surface area contributed by atoms with E-state index in [-0.39, 0.29) is 12.5 Å². The first-order valence-electron chi connectivity index (χ1n) is 14.8. The lowest BCUT2D eigenvalue weighted by Gasteiger charge is -2.39. The summed E-state index contributed by atoms with van der Waals surface area (Å²) in [5.74, 6) is 0.243. The highest BCUT2D eigenvalue weighted by molar-refractivity contribution is 7.47. The van der Waals surface area contributed by atoms with Crippen LogP contribution in [0.2, 0.25) is 0 Å². The van der Waals surface area contributed by atoms with Gasteiger partial charge in [0.1, 0.15) is 24.4 Å². The Morgan fingerprint density at radius 2 is 1.32 bits per heavy atom. The van der Waals surface area contributed by atoms with Crippen molar-refractivity contribution in [2.75, 3.05) is 13.2 Å². The lowest BCUT2D eigenvalue weighted by atomic mass is 10.00. The molecular weight excluding hydrogens is 547 g/mol. The lowest BCUT2D eigenvalue weighted by Crippen LogP contribution is -2.58. The van der Waals surface area contributed by atoms with Crippen LogP contribution in [0, 0.1) is 5.92 Å². The van der Waals surface area contributed by atoms with Crippen LogP contribution in [0.15, 0.2) is 46.6 Å². The van der Waals surface area contributed by atoms with Gasteiger partial charge >= 0.3 is 7.82 Å². The van der Waals surface area contributed by atoms with E-state index in [1.165, 1.54) is 22.3 Å². The number of hydrogen-bond donors (Lipinski definition) is 5. The van der Waals surface area contributed by atoms with Gasteiger partial charge in [0.15, 0.2) is 6.29 Å². The number of aliphatic hydroxyl groups excluding tert-OH is 4. The highest BCUT2D eigenvalue weighted by atomic mass is 31.2. The van der Waals surface area contributed by atoms with Gasteiger partial charge in [-0.05, 0) is 98.3 Å². The Bertz CT molecular complexity index is 921. The van der Waals surface area contributed by atoms with E-state index in [1.807, 2.05) is 6.92 Å². The van der Waals surface area contributed by atoms with Crippen molar-refractivity contribution < 1.29 is 43.7 Å². The maximum atomic E-state index is 12.3. The molecule has 238 valence electrons. The zero-order valence-corrected chi connectivity index (χ0v) is 26.8. The zero-order chi connectivity index (χ0) is 31.0. The highest BCUT2D eigenvalue weighted by Gasteiger charge is 2.46. The maximum Gasteiger partial charge on any atom is 0.474 e. The van der Waals surface area contributed by atoms with E-state index in [2.05, 4.69) is 58.9 Å². The third kappa shape index (κ3) is 16.3. The number of phosphoric ester groups is 1. The van der Waals surface area contributed by atoms with Crippen LogP contribution in [0.4, 0.5) is 0 Å². The molecule has 0 spiro atoms. The maximum absolute atomic E-state index is 12.3. The van der Waals surface area contributed by atoms with Gasteiger partial charge in [-0.25, -0.2) is 4.57 Å². The summed E-state index contributed by atoms with van der Waals surface area (Å²) in [6, 6.07) is 0. The van der Waals surface area contributed by atoms with E-state index in [0.717, 1.165) is 51.4 Å². The highest BCUT2D eigenvalue weighted by Crippen LogP contribution is 2.46. The molecule has 0 radical (unpaired) electrons. The van der Waals surface area contributed by atoms with Crippen LogP contribution in [0.5, 0.6) is 0 Å². The standard InChI is InChI=1S/C31H55O9P/c1-22(2)11-7-12-23(3)13-8-14-24(4)15-9-16-25(5)17-10-18-26(6)19-20-38-41(36,37)40-31-30(35)29(34)28(33)27(21-32)39-31/h11,13,15,17,26-35H,7-10,12,14,16,18-21H2,1-6H3,(H,36,37)/b23-13+,24-15+,25-17-/t26?,27-,28-,29+,30+,31+/m1/s1. The van der Waals surface area contributed by atoms with Gasteiger partial charge in [0.05, 0.1) is 13.2 Å². The lowest BCUT2D eigenvalue weighted by molar-refractivity contribution is -0.281. The summed E-state index contributed by atoms with van der Waals surface area (Å²) in [6.45, 7) is 12.2. The fraction of sp³-hybridized carbons (Fsp3) is 0.742. The van der Waals surface area contributed by atoms with Crippen LogP contribution < -0.4 is 0 Å². The first-order valence-corrected chi connectivity index (χ1v) is 16.3. The SMILES string of the molecule is CC(C)=CCC/C(C)=C/CC/C(C)=C/CC/C(C)=C\CCC(C)CCOP(=O)(O)O[C@@H]1O[C@H](CO)[C@@H](O)[C@H](O)[C@@H]1O. The molecule has 0 aliphatic carbocycles. The Morgan fingerprint density at radius 1 is 0.805 bits per heavy atom. The summed E-state index contributed by atoms with van der Waals surface area (Å²) in [5, 5.41) is 38.8. The Balaban J connectivity index is 2.29. The second kappa shape index (κ2) is 19.9. The number of rotatable bonds is 19. The molecule has 0 aromatic rings. The van der Waals surface area contributed by atoms with Gasteiger partial charge in [-0.2, -0.15) is 0 Å². The summed E-state index contributed by atoms with van der Waals surface area (Å²) in [4.78, 5) is 9.99. The van der Waals surface area contributed by atoms with Crippen molar-refractivity contribution >= 4 is 7.82 Å². The molecule has 0 amide bonds. The van der Waals surface area contributed by atoms with Crippen molar-refractivity contribution in [1.82, 2.24) is 0 Å². The Labute approximate surface area is 247 Å². The zero-order valence-electron chi connectivity index (χ0n) is 25.9. The van der Waals surface area contributed by atoms with Gasteiger partial charge in [-0.15, -0.1) is 0 Å². The van der Waals surface area contributed by atoms with Crippen molar-refractivity contribution in [2.45, 2.75) is 130 Å². The third-order valence-corrected chi connectivity index (χ3v) is 8.24. The Hall–Kier alpha value is -1.13. The number of aliphatic hydroxyl groups is 4. The van der Waals surface area contributed by atoms with Gasteiger partial charge in [0, 0.05) is 0 Å². The molecule has 0 bridgehead atoms. The molecule has 0 aromatic carbocycles. The van der Waals surface area contributed by atoms with Crippen LogP contribution in [-0.4, -0.2) is 69.2 Å². The predicted octanol–water partition coefficient (Wildman–Crippen LogP) is 5.87. The topological polar surface area (TPSA) is 146 Å². The molecule has 10 heteroatoms. The van der Waals surface area contributed by atoms with Crippen LogP contribution in [-0.2, 0) is 18.3 Å². The van der Waals surface area contributed by atoms with Crippen LogP contribution in [0.3, 0.4) is 0 Å². The van der Waals surface area contributed by atoms with Gasteiger partial charge in [0.25, 0.3) is 0 Å². The molecule has 41 heavy (non-hydrogen) atoms. The van der Waals surface area contributed by atoms with E-state index >= 15 is 0 Å². The van der Waals surface area contributed by atoms with Gasteiger partial charge in [-0.1, -0.05) is 53.5 Å². The molecule has 9 nitrogen and oxygen atoms in total. The van der Waals surface area contributed by atoms with Crippen molar-refractivity contribution in [3.63, 3.8) is 0 Å². The minimum atomic E-state index is -4.60. The van der Waals surface area contributed by atoms with E-state index in [0.29, 0.717) is 6.42 Å². The molecule has 5 N–H and O–H groups in total. The number of phosphoric acid groups is 1. The normalized spacial score (nSPS) is 26.5. The first kappa shape index (κ1) is 37.9. The molecule has 1 heterocycles. The molecule has 1 rings (SSSR count). The van der Waals surface area contributed by atoms with Crippen molar-refractivity contribution in [3.8, 4) is 0 Å². The molecule has 2 unspecified atom stereocenters. The Morgan fingerprint density at radius 3 is 1.83 bits per heavy atom. The molecule has 1 aliphatic rings. The summed E-state index contributed by atoms with van der Waals surface area (Å²) in [5.41, 5.74) is 5.61. The average Bonchev–Trinajstić information content (AvgIpc) is 2.88. The van der Waals surface area contributed by atoms with Crippen LogP contribution >= 0.6 is 7.82 Å². The first-order chi connectivity index (χ1) is 19.3. The second-order valence-corrected chi connectivity index (χ2v) is 13.0. The Kier molecular flexibility index (Phi) is 18.4. The van der Waals surface area contributed by atoms with E-state index < -0.39 is 45.1 Å². The van der Waals surface area contributed by atoms with Gasteiger partial charge in [-0.3, -0.25) is 9.05 Å². The summed E-state index contributed by atoms with van der Waals surface area (Å²) in [7, 11) is -4.60. The van der Waals surface area contributed by atoms with Crippen LogP contribution in [0.25, 0.3) is 0 Å². The van der Waals surface area contributed by atoms with Crippen molar-refractivity contribution in [1.29, 1.82) is 0 Å². The fourth-order valence-electron chi connectivity index (χ4n) is 4.43. The van der Waals surface area contributed by atoms with E-state index in [4.69, 9.17) is 13.8 Å². The smallest absolute Gasteiger partial charge is 0.394 e.